The number of para-hydroxylation sites is 1. The molecule has 1 saturated heterocycles. The zero-order chi connectivity index (χ0) is 48.7. The van der Waals surface area contributed by atoms with Gasteiger partial charge in [-0.3, -0.25) is 14.4 Å². The van der Waals surface area contributed by atoms with Crippen molar-refractivity contribution in [1.82, 2.24) is 9.80 Å². The number of hydrogen-bond donors (Lipinski definition) is 0. The maximum absolute atomic E-state index is 14.5. The average Bonchev–Trinajstić information content (AvgIpc) is 3.28. The number of carbonyl (C=O) groups is 4. The molecule has 0 spiro atoms. The van der Waals surface area contributed by atoms with Gasteiger partial charge in [0.2, 0.25) is 0 Å². The van der Waals surface area contributed by atoms with Gasteiger partial charge in [0.1, 0.15) is 0 Å². The molecule has 0 saturated carbocycles. The Morgan fingerprint density at radius 1 is 0.552 bits per heavy atom. The van der Waals surface area contributed by atoms with Crippen LogP contribution >= 0.6 is 0 Å². The molecule has 3 aromatic carbocycles. The van der Waals surface area contributed by atoms with Gasteiger partial charge in [0, 0.05) is 120 Å². The van der Waals surface area contributed by atoms with Crippen LogP contribution < -0.4 is 14.7 Å². The fourth-order valence-electron chi connectivity index (χ4n) is 9.93. The van der Waals surface area contributed by atoms with Gasteiger partial charge in [-0.25, -0.2) is 4.79 Å². The number of benzene rings is 3. The van der Waals surface area contributed by atoms with Gasteiger partial charge in [0.25, 0.3) is 5.78 Å². The summed E-state index contributed by atoms with van der Waals surface area (Å²) in [5, 5.41) is 0. The molecule has 1 fully saturated rings. The lowest BCUT2D eigenvalue weighted by Gasteiger charge is -2.48. The number of hydrogen-bond acceptors (Lipinski definition) is 10. The largest absolute Gasteiger partial charge is 0.460 e. The van der Waals surface area contributed by atoms with Crippen molar-refractivity contribution < 1.29 is 23.9 Å². The molecule has 358 valence electrons. The van der Waals surface area contributed by atoms with E-state index < -0.39 is 22.6 Å². The van der Waals surface area contributed by atoms with E-state index in [0.29, 0.717) is 24.1 Å². The molecule has 4 heterocycles. The van der Waals surface area contributed by atoms with Crippen molar-refractivity contribution in [2.45, 2.75) is 113 Å². The monoisotopic (exact) mass is 910 g/mol. The van der Waals surface area contributed by atoms with Crippen LogP contribution in [0.5, 0.6) is 0 Å². The number of ketones is 3. The SMILES string of the molecule is CC1(C)CCN(c2ccccc2)C=C1C(=O)C(=O)OCCC1CN(C(C)(C)C)C=C(C(=O)c2ccc(N3CCN(c4ccc(C(=O)C5=CN(C(C)(C)C)CCC5(C)C)cc4)CC3)cc2)C1(C)C. The Balaban J connectivity index is 0.964. The third kappa shape index (κ3) is 10.7. The minimum Gasteiger partial charge on any atom is -0.460 e. The fraction of sp³-hybridized carbons (Fsp3) is 0.509. The lowest BCUT2D eigenvalue weighted by molar-refractivity contribution is -0.153. The predicted octanol–water partition coefficient (Wildman–Crippen LogP) is 10.8. The fourth-order valence-corrected chi connectivity index (χ4v) is 9.93. The van der Waals surface area contributed by atoms with E-state index in [0.717, 1.165) is 85.9 Å². The van der Waals surface area contributed by atoms with Gasteiger partial charge in [-0.1, -0.05) is 59.7 Å². The van der Waals surface area contributed by atoms with Crippen LogP contribution in [0.2, 0.25) is 0 Å². The average molecular weight is 910 g/mol. The van der Waals surface area contributed by atoms with Crippen LogP contribution in [0, 0.1) is 22.2 Å². The Labute approximate surface area is 400 Å². The molecule has 0 aliphatic carbocycles. The molecule has 1 atom stereocenters. The molecule has 10 heteroatoms. The lowest BCUT2D eigenvalue weighted by atomic mass is 9.67. The Morgan fingerprint density at radius 2 is 1.03 bits per heavy atom. The number of piperazine rings is 1. The Morgan fingerprint density at radius 3 is 1.55 bits per heavy atom. The second-order valence-corrected chi connectivity index (χ2v) is 23.0. The van der Waals surface area contributed by atoms with E-state index in [-0.39, 0.29) is 40.6 Å². The number of allylic oxidation sites excluding steroid dienone is 2. The normalized spacial score (nSPS) is 20.7. The maximum Gasteiger partial charge on any atom is 0.379 e. The van der Waals surface area contributed by atoms with E-state index in [9.17, 15) is 19.2 Å². The smallest absolute Gasteiger partial charge is 0.379 e. The number of esters is 1. The summed E-state index contributed by atoms with van der Waals surface area (Å²) in [4.78, 5) is 66.7. The van der Waals surface area contributed by atoms with Crippen molar-refractivity contribution in [3.8, 4) is 0 Å². The molecule has 0 amide bonds. The van der Waals surface area contributed by atoms with Crippen LogP contribution in [0.4, 0.5) is 17.1 Å². The first-order valence-corrected chi connectivity index (χ1v) is 24.4. The van der Waals surface area contributed by atoms with Crippen molar-refractivity contribution in [1.29, 1.82) is 0 Å². The second kappa shape index (κ2) is 18.8. The van der Waals surface area contributed by atoms with Gasteiger partial charge in [-0.15, -0.1) is 0 Å². The van der Waals surface area contributed by atoms with Crippen molar-refractivity contribution in [3.63, 3.8) is 0 Å². The highest BCUT2D eigenvalue weighted by atomic mass is 16.5. The van der Waals surface area contributed by atoms with Crippen LogP contribution in [0.3, 0.4) is 0 Å². The van der Waals surface area contributed by atoms with E-state index in [1.54, 1.807) is 0 Å². The third-order valence-corrected chi connectivity index (χ3v) is 15.1. The summed E-state index contributed by atoms with van der Waals surface area (Å²) in [6, 6.07) is 26.0. The van der Waals surface area contributed by atoms with E-state index >= 15 is 0 Å². The Hall–Kier alpha value is -5.64. The number of anilines is 3. The molecule has 7 rings (SSSR count). The number of ether oxygens (including phenoxy) is 1. The third-order valence-electron chi connectivity index (χ3n) is 15.1. The molecule has 4 aliphatic rings. The van der Waals surface area contributed by atoms with Crippen molar-refractivity contribution in [2.75, 3.05) is 67.1 Å². The van der Waals surface area contributed by atoms with Crippen molar-refractivity contribution in [3.05, 3.63) is 125 Å². The van der Waals surface area contributed by atoms with Crippen LogP contribution in [-0.2, 0) is 14.3 Å². The molecule has 0 aromatic heterocycles. The molecule has 0 bridgehead atoms. The highest BCUT2D eigenvalue weighted by molar-refractivity contribution is 6.40. The number of Topliss-reactive ketones (excluding diaryl/α,β-unsaturated/α-hetero) is 3. The summed E-state index contributed by atoms with van der Waals surface area (Å²) in [6.07, 6.45) is 8.11. The molecule has 0 N–H and O–H groups in total. The summed E-state index contributed by atoms with van der Waals surface area (Å²) < 4.78 is 5.75. The maximum atomic E-state index is 14.5. The summed E-state index contributed by atoms with van der Waals surface area (Å²) >= 11 is 0. The summed E-state index contributed by atoms with van der Waals surface area (Å²) in [5.74, 6) is -1.37. The first kappa shape index (κ1) is 49.3. The standard InChI is InChI=1S/C57H75N5O5/c1-53(2,3)61-30-28-56(9,10)47(38-61)49(63)40-18-22-44(23-19-40)58-31-33-59(34-32-58)45-24-20-41(21-25-45)50(64)48-39-62(54(4,5)6)36-42(57(48,11)12)26-35-67-52(66)51(65)46-37-60(29-27-55(46,7)8)43-16-14-13-15-17-43/h13-25,37-39,42H,26-36H2,1-12H3. The van der Waals surface area contributed by atoms with Gasteiger partial charge in [0.15, 0.2) is 11.6 Å². The molecule has 1 unspecified atom stereocenters. The van der Waals surface area contributed by atoms with E-state index in [1.165, 1.54) is 0 Å². The van der Waals surface area contributed by atoms with E-state index in [1.807, 2.05) is 85.7 Å². The van der Waals surface area contributed by atoms with Crippen LogP contribution in [0.15, 0.2) is 114 Å². The Kier molecular flexibility index (Phi) is 13.8. The van der Waals surface area contributed by atoms with Crippen molar-refractivity contribution >= 4 is 40.4 Å². The number of carbonyl (C=O) groups excluding carboxylic acids is 4. The van der Waals surface area contributed by atoms with Gasteiger partial charge in [-0.05, 0) is 144 Å². The zero-order valence-corrected chi connectivity index (χ0v) is 42.4. The molecule has 10 nitrogen and oxygen atoms in total. The van der Waals surface area contributed by atoms with Gasteiger partial charge >= 0.3 is 5.97 Å². The van der Waals surface area contributed by atoms with E-state index in [4.69, 9.17) is 4.74 Å². The molecular weight excluding hydrogens is 835 g/mol. The molecule has 4 aliphatic heterocycles. The number of rotatable bonds is 12. The first-order chi connectivity index (χ1) is 31.4. The first-order valence-electron chi connectivity index (χ1n) is 24.4. The molecule has 67 heavy (non-hydrogen) atoms. The number of nitrogens with zero attached hydrogens (tertiary/aromatic N) is 5. The molecular formula is C57H75N5O5. The van der Waals surface area contributed by atoms with Crippen LogP contribution in [0.25, 0.3) is 0 Å². The summed E-state index contributed by atoms with van der Waals surface area (Å²) in [5.41, 5.74) is 5.10. The van der Waals surface area contributed by atoms with Crippen molar-refractivity contribution in [2.24, 2.45) is 22.2 Å². The quantitative estimate of drug-likeness (QED) is 0.0993. The summed E-state index contributed by atoms with van der Waals surface area (Å²) in [6.45, 7) is 31.3. The highest BCUT2D eigenvalue weighted by Crippen LogP contribution is 2.45. The zero-order valence-electron chi connectivity index (χ0n) is 42.4. The van der Waals surface area contributed by atoms with E-state index in [2.05, 4.69) is 119 Å². The van der Waals surface area contributed by atoms with Gasteiger partial charge < -0.3 is 29.2 Å². The second-order valence-electron chi connectivity index (χ2n) is 23.0. The lowest BCUT2D eigenvalue weighted by Crippen LogP contribution is -2.49. The van der Waals surface area contributed by atoms with Crippen LogP contribution in [-0.4, -0.2) is 96.6 Å². The van der Waals surface area contributed by atoms with Gasteiger partial charge in [-0.2, -0.15) is 0 Å². The minimum absolute atomic E-state index is 0.0151. The molecule has 0 radical (unpaired) electrons. The minimum atomic E-state index is -0.837. The predicted molar refractivity (Wildman–Crippen MR) is 272 cm³/mol. The topological polar surface area (TPSA) is 93.7 Å². The highest BCUT2D eigenvalue weighted by Gasteiger charge is 2.44. The Bertz CT molecular complexity index is 2410. The molecule has 3 aromatic rings. The van der Waals surface area contributed by atoms with Gasteiger partial charge in [0.05, 0.1) is 6.61 Å². The van der Waals surface area contributed by atoms with Crippen LogP contribution in [0.1, 0.15) is 123 Å². The summed E-state index contributed by atoms with van der Waals surface area (Å²) in [7, 11) is 0.